The fraction of sp³-hybridized carbons (Fsp3) is 1.00. The maximum absolute atomic E-state index is 12.0. The van der Waals surface area contributed by atoms with E-state index in [9.17, 15) is 8.42 Å². The molecule has 2 rings (SSSR count). The Hall–Kier alpha value is -0.210. The molecule has 0 amide bonds. The summed E-state index contributed by atoms with van der Waals surface area (Å²) in [5, 5.41) is 0. The molecule has 106 valence electrons. The van der Waals surface area contributed by atoms with E-state index in [1.54, 1.807) is 0 Å². The first-order valence-corrected chi connectivity index (χ1v) is 8.10. The van der Waals surface area contributed by atoms with E-state index in [-0.39, 0.29) is 0 Å². The Morgan fingerprint density at radius 2 is 1.78 bits per heavy atom. The van der Waals surface area contributed by atoms with Gasteiger partial charge >= 0.3 is 0 Å². The highest BCUT2D eigenvalue weighted by atomic mass is 32.2. The van der Waals surface area contributed by atoms with Crippen molar-refractivity contribution in [1.82, 2.24) is 9.03 Å². The van der Waals surface area contributed by atoms with Crippen molar-refractivity contribution in [2.24, 2.45) is 11.7 Å². The van der Waals surface area contributed by atoms with E-state index in [2.05, 4.69) is 4.72 Å². The largest absolute Gasteiger partial charge is 0.379 e. The van der Waals surface area contributed by atoms with Crippen LogP contribution in [0.5, 0.6) is 0 Å². The molecule has 1 saturated carbocycles. The molecule has 1 heterocycles. The molecule has 1 aliphatic heterocycles. The van der Waals surface area contributed by atoms with Gasteiger partial charge in [-0.1, -0.05) is 0 Å². The van der Waals surface area contributed by atoms with Crippen LogP contribution in [0.2, 0.25) is 0 Å². The Kier molecular flexibility index (Phi) is 4.97. The number of hydrogen-bond donors (Lipinski definition) is 2. The molecule has 0 unspecified atom stereocenters. The van der Waals surface area contributed by atoms with Gasteiger partial charge in [0.1, 0.15) is 0 Å². The van der Waals surface area contributed by atoms with Crippen LogP contribution in [-0.2, 0) is 14.9 Å². The maximum atomic E-state index is 12.0. The molecule has 0 aromatic rings. The third-order valence-electron chi connectivity index (χ3n) is 3.76. The van der Waals surface area contributed by atoms with E-state index in [1.165, 1.54) is 4.31 Å². The zero-order chi connectivity index (χ0) is 13.0. The summed E-state index contributed by atoms with van der Waals surface area (Å²) in [6.45, 7) is 2.40. The summed E-state index contributed by atoms with van der Waals surface area (Å²) in [6.07, 6.45) is 4.05. The minimum atomic E-state index is -3.32. The van der Waals surface area contributed by atoms with Crippen LogP contribution >= 0.6 is 0 Å². The van der Waals surface area contributed by atoms with E-state index in [0.29, 0.717) is 44.8 Å². The standard InChI is InChI=1S/C11H23N3O3S/c12-11-3-1-10(2-4-11)9-13-18(15,16)14-5-7-17-8-6-14/h10-11,13H,1-9,12H2. The average molecular weight is 277 g/mol. The highest BCUT2D eigenvalue weighted by Crippen LogP contribution is 2.22. The highest BCUT2D eigenvalue weighted by Gasteiger charge is 2.26. The topological polar surface area (TPSA) is 84.7 Å². The molecule has 18 heavy (non-hydrogen) atoms. The zero-order valence-corrected chi connectivity index (χ0v) is 11.5. The third-order valence-corrected chi connectivity index (χ3v) is 5.33. The van der Waals surface area contributed by atoms with Gasteiger partial charge in [0.2, 0.25) is 0 Å². The maximum Gasteiger partial charge on any atom is 0.279 e. The molecule has 3 N–H and O–H groups in total. The summed E-state index contributed by atoms with van der Waals surface area (Å²) < 4.78 is 33.4. The summed E-state index contributed by atoms with van der Waals surface area (Å²) >= 11 is 0. The van der Waals surface area contributed by atoms with Crippen molar-refractivity contribution in [3.05, 3.63) is 0 Å². The molecule has 2 aliphatic rings. The molecule has 0 atom stereocenters. The van der Waals surface area contributed by atoms with Crippen molar-refractivity contribution in [1.29, 1.82) is 0 Å². The number of ether oxygens (including phenoxy) is 1. The van der Waals surface area contributed by atoms with Crippen LogP contribution in [0.25, 0.3) is 0 Å². The smallest absolute Gasteiger partial charge is 0.279 e. The minimum Gasteiger partial charge on any atom is -0.379 e. The second kappa shape index (κ2) is 6.29. The summed E-state index contributed by atoms with van der Waals surface area (Å²) in [5.41, 5.74) is 5.84. The van der Waals surface area contributed by atoms with Crippen LogP contribution < -0.4 is 10.5 Å². The van der Waals surface area contributed by atoms with Crippen LogP contribution in [0.15, 0.2) is 0 Å². The van der Waals surface area contributed by atoms with Gasteiger partial charge in [0.15, 0.2) is 0 Å². The number of morpholine rings is 1. The van der Waals surface area contributed by atoms with E-state index >= 15 is 0 Å². The van der Waals surface area contributed by atoms with Crippen molar-refractivity contribution in [3.63, 3.8) is 0 Å². The van der Waals surface area contributed by atoms with E-state index in [1.807, 2.05) is 0 Å². The monoisotopic (exact) mass is 277 g/mol. The molecule has 1 saturated heterocycles. The van der Waals surface area contributed by atoms with Crippen molar-refractivity contribution in [3.8, 4) is 0 Å². The molecule has 0 aromatic heterocycles. The molecule has 0 aromatic carbocycles. The molecule has 7 heteroatoms. The number of nitrogens with zero attached hydrogens (tertiary/aromatic N) is 1. The Morgan fingerprint density at radius 1 is 1.17 bits per heavy atom. The molecule has 0 spiro atoms. The second-order valence-electron chi connectivity index (χ2n) is 5.15. The van der Waals surface area contributed by atoms with Crippen molar-refractivity contribution in [2.75, 3.05) is 32.8 Å². The van der Waals surface area contributed by atoms with Crippen LogP contribution in [0, 0.1) is 5.92 Å². The Labute approximate surface area is 109 Å². The Balaban J connectivity index is 1.77. The SMILES string of the molecule is NC1CCC(CNS(=O)(=O)N2CCOCC2)CC1. The highest BCUT2D eigenvalue weighted by molar-refractivity contribution is 7.87. The molecule has 2 fully saturated rings. The first-order valence-electron chi connectivity index (χ1n) is 6.66. The van der Waals surface area contributed by atoms with Crippen molar-refractivity contribution < 1.29 is 13.2 Å². The normalized spacial score (nSPS) is 31.4. The average Bonchev–Trinajstić information content (AvgIpc) is 2.39. The lowest BCUT2D eigenvalue weighted by Gasteiger charge is -2.29. The number of rotatable bonds is 4. The quantitative estimate of drug-likeness (QED) is 0.737. The number of nitrogens with two attached hydrogens (primary N) is 1. The first-order chi connectivity index (χ1) is 8.58. The van der Waals surface area contributed by atoms with Crippen LogP contribution in [0.4, 0.5) is 0 Å². The predicted octanol–water partition coefficient (Wildman–Crippen LogP) is -0.329. The first kappa shape index (κ1) is 14.2. The van der Waals surface area contributed by atoms with Gasteiger partial charge in [0.25, 0.3) is 10.2 Å². The molecule has 0 radical (unpaired) electrons. The Bertz CT molecular complexity index is 347. The fourth-order valence-corrected chi connectivity index (χ4v) is 3.75. The molecule has 1 aliphatic carbocycles. The number of hydrogen-bond acceptors (Lipinski definition) is 4. The lowest BCUT2D eigenvalue weighted by atomic mass is 9.87. The van der Waals surface area contributed by atoms with Crippen LogP contribution in [0.1, 0.15) is 25.7 Å². The van der Waals surface area contributed by atoms with Gasteiger partial charge in [-0.2, -0.15) is 12.7 Å². The van der Waals surface area contributed by atoms with E-state index in [4.69, 9.17) is 10.5 Å². The molecular weight excluding hydrogens is 254 g/mol. The van der Waals surface area contributed by atoms with Gasteiger partial charge in [-0.25, -0.2) is 4.72 Å². The second-order valence-corrected chi connectivity index (χ2v) is 6.90. The summed E-state index contributed by atoms with van der Waals surface area (Å²) in [5.74, 6) is 0.431. The summed E-state index contributed by atoms with van der Waals surface area (Å²) in [6, 6.07) is 0.303. The van der Waals surface area contributed by atoms with Crippen molar-refractivity contribution >= 4 is 10.2 Å². The van der Waals surface area contributed by atoms with Gasteiger partial charge in [0, 0.05) is 25.7 Å². The number of nitrogens with one attached hydrogen (secondary N) is 1. The molecular formula is C11H23N3O3S. The van der Waals surface area contributed by atoms with Gasteiger partial charge < -0.3 is 10.5 Å². The van der Waals surface area contributed by atoms with Gasteiger partial charge in [-0.3, -0.25) is 0 Å². The van der Waals surface area contributed by atoms with Crippen LogP contribution in [-0.4, -0.2) is 51.6 Å². The molecule has 6 nitrogen and oxygen atoms in total. The Morgan fingerprint density at radius 3 is 2.39 bits per heavy atom. The lowest BCUT2D eigenvalue weighted by molar-refractivity contribution is 0.0724. The third kappa shape index (κ3) is 3.89. The molecule has 0 bridgehead atoms. The van der Waals surface area contributed by atoms with E-state index in [0.717, 1.165) is 25.7 Å². The summed E-state index contributed by atoms with van der Waals surface area (Å²) in [7, 11) is -3.32. The van der Waals surface area contributed by atoms with Crippen LogP contribution in [0.3, 0.4) is 0 Å². The minimum absolute atomic E-state index is 0.303. The van der Waals surface area contributed by atoms with E-state index < -0.39 is 10.2 Å². The van der Waals surface area contributed by atoms with Crippen molar-refractivity contribution in [2.45, 2.75) is 31.7 Å². The van der Waals surface area contributed by atoms with Gasteiger partial charge in [-0.05, 0) is 31.6 Å². The lowest BCUT2D eigenvalue weighted by Crippen LogP contribution is -2.48. The zero-order valence-electron chi connectivity index (χ0n) is 10.7. The predicted molar refractivity (Wildman–Crippen MR) is 69.2 cm³/mol. The summed E-state index contributed by atoms with van der Waals surface area (Å²) in [4.78, 5) is 0. The van der Waals surface area contributed by atoms with Gasteiger partial charge in [0.05, 0.1) is 13.2 Å². The fourth-order valence-electron chi connectivity index (χ4n) is 2.49. The van der Waals surface area contributed by atoms with Gasteiger partial charge in [-0.15, -0.1) is 0 Å².